The zero-order chi connectivity index (χ0) is 33.5. The van der Waals surface area contributed by atoms with Crippen LogP contribution in [0.4, 0.5) is 11.4 Å². The molecule has 6 N–H and O–H groups in total. The molecule has 0 saturated carbocycles. The Labute approximate surface area is 334 Å². The second-order valence-electron chi connectivity index (χ2n) is 8.91. The van der Waals surface area contributed by atoms with E-state index in [1.54, 1.807) is 0 Å². The highest BCUT2D eigenvalue weighted by molar-refractivity contribution is 14.1. The van der Waals surface area contributed by atoms with Gasteiger partial charge in [0.2, 0.25) is 11.8 Å². The SMILES string of the molecule is CNC(=O)c1c(I)c(NC(=O)CCCCCCC(=O)Nc2c(I)c(C(=O)O)c(I)c(C(=O)NC)c2I)c(I)c(C(=O)O)c1I. The number of carboxylic acids is 2. The van der Waals surface area contributed by atoms with Gasteiger partial charge in [-0.25, -0.2) is 9.59 Å². The van der Waals surface area contributed by atoms with Crippen LogP contribution in [-0.2, 0) is 9.59 Å². The molecule has 12 nitrogen and oxygen atoms in total. The van der Waals surface area contributed by atoms with E-state index in [0.717, 1.165) is 0 Å². The van der Waals surface area contributed by atoms with Crippen LogP contribution in [0.5, 0.6) is 0 Å². The average molecular weight is 1280 g/mol. The van der Waals surface area contributed by atoms with E-state index in [4.69, 9.17) is 0 Å². The molecule has 0 atom stereocenters. The Kier molecular flexibility index (Phi) is 16.5. The first-order valence-corrected chi connectivity index (χ1v) is 19.0. The van der Waals surface area contributed by atoms with Crippen molar-refractivity contribution in [3.05, 3.63) is 43.7 Å². The predicted molar refractivity (Wildman–Crippen MR) is 215 cm³/mol. The fraction of sp³-hybridized carbons (Fsp3) is 0.308. The quantitative estimate of drug-likeness (QED) is 0.0989. The lowest BCUT2D eigenvalue weighted by molar-refractivity contribution is -0.117. The number of nitrogens with one attached hydrogen (secondary N) is 4. The lowest BCUT2D eigenvalue weighted by Crippen LogP contribution is -2.25. The number of anilines is 2. The number of unbranched alkanes of at least 4 members (excludes halogenated alkanes) is 3. The Hall–Kier alpha value is -0.360. The Morgan fingerprint density at radius 2 is 0.795 bits per heavy atom. The molecule has 0 spiro atoms. The molecule has 0 fully saturated rings. The van der Waals surface area contributed by atoms with Crippen LogP contribution >= 0.6 is 136 Å². The standard InChI is InChI=1S/C26H24I6N4O8/c1-33-23(39)11-15(27)13(25(41)42)19(31)21(17(11)29)35-9(37)7-5-3-4-6-8-10(38)36-22-18(30)12(24(40)34-2)16(28)14(20(22)32)26(43)44/h3-8H2,1-2H3,(H,33,39)(H,34,40)(H,35,37)(H,36,38)(H,41,42)(H,43,44). The fourth-order valence-corrected chi connectivity index (χ4v) is 12.7. The summed E-state index contributed by atoms with van der Waals surface area (Å²) in [6, 6.07) is 0. The molecule has 0 saturated heterocycles. The van der Waals surface area contributed by atoms with Crippen LogP contribution in [0.25, 0.3) is 0 Å². The number of halogens is 6. The van der Waals surface area contributed by atoms with Gasteiger partial charge in [-0.05, 0) is 148 Å². The van der Waals surface area contributed by atoms with Gasteiger partial charge < -0.3 is 31.5 Å². The highest BCUT2D eigenvalue weighted by Gasteiger charge is 2.29. The maximum absolute atomic E-state index is 12.7. The fourth-order valence-electron chi connectivity index (χ4n) is 3.90. The van der Waals surface area contributed by atoms with Crippen LogP contribution in [0.1, 0.15) is 80.0 Å². The summed E-state index contributed by atoms with van der Waals surface area (Å²) in [5, 5.41) is 30.0. The summed E-state index contributed by atoms with van der Waals surface area (Å²) in [5.41, 5.74) is 0.789. The Morgan fingerprint density at radius 1 is 0.500 bits per heavy atom. The molecule has 44 heavy (non-hydrogen) atoms. The molecule has 18 heteroatoms. The molecule has 0 unspecified atom stereocenters. The second-order valence-corrected chi connectivity index (χ2v) is 15.4. The summed E-state index contributed by atoms with van der Waals surface area (Å²) in [5.74, 6) is -4.00. The van der Waals surface area contributed by atoms with Gasteiger partial charge in [-0.1, -0.05) is 12.8 Å². The van der Waals surface area contributed by atoms with Gasteiger partial charge >= 0.3 is 11.9 Å². The van der Waals surface area contributed by atoms with Crippen LogP contribution in [0.15, 0.2) is 0 Å². The first kappa shape index (κ1) is 39.8. The molecule has 0 aliphatic carbocycles. The van der Waals surface area contributed by atoms with Gasteiger partial charge in [0.15, 0.2) is 0 Å². The largest absolute Gasteiger partial charge is 0.478 e. The number of carbonyl (C=O) groups excluding carboxylic acids is 4. The molecule has 0 aromatic heterocycles. The number of rotatable bonds is 13. The average Bonchev–Trinajstić information content (AvgIpc) is 2.94. The number of benzene rings is 2. The molecular weight excluding hydrogens is 1260 g/mol. The number of carboxylic acid groups (broad SMARTS) is 2. The number of amides is 4. The second kappa shape index (κ2) is 18.3. The van der Waals surface area contributed by atoms with Crippen LogP contribution in [0.3, 0.4) is 0 Å². The molecule has 2 aromatic carbocycles. The third-order valence-electron chi connectivity index (χ3n) is 6.06. The van der Waals surface area contributed by atoms with Crippen molar-refractivity contribution < 1.29 is 39.0 Å². The maximum atomic E-state index is 12.7. The highest BCUT2D eigenvalue weighted by atomic mass is 127. The monoisotopic (exact) mass is 1280 g/mol. The van der Waals surface area contributed by atoms with E-state index < -0.39 is 23.8 Å². The van der Waals surface area contributed by atoms with Crippen molar-refractivity contribution in [1.82, 2.24) is 10.6 Å². The molecular formula is C26H24I6N4O8. The minimum Gasteiger partial charge on any atom is -0.478 e. The van der Waals surface area contributed by atoms with Crippen LogP contribution in [0.2, 0.25) is 0 Å². The molecule has 4 amide bonds. The topological polar surface area (TPSA) is 191 Å². The van der Waals surface area contributed by atoms with E-state index >= 15 is 0 Å². The lowest BCUT2D eigenvalue weighted by Gasteiger charge is -2.18. The summed E-state index contributed by atoms with van der Waals surface area (Å²) < 4.78 is 2.10. The first-order valence-electron chi connectivity index (χ1n) is 12.5. The molecule has 0 aliphatic heterocycles. The van der Waals surface area contributed by atoms with Crippen LogP contribution < -0.4 is 21.3 Å². The van der Waals surface area contributed by atoms with E-state index in [1.807, 2.05) is 136 Å². The Balaban J connectivity index is 2.00. The summed E-state index contributed by atoms with van der Waals surface area (Å²) in [4.78, 5) is 74.2. The Bertz CT molecular complexity index is 1440. The minimum atomic E-state index is -1.21. The van der Waals surface area contributed by atoms with Crippen LogP contribution in [-0.4, -0.2) is 59.9 Å². The van der Waals surface area contributed by atoms with Crippen molar-refractivity contribution in [3.8, 4) is 0 Å². The van der Waals surface area contributed by atoms with Gasteiger partial charge in [-0.3, -0.25) is 19.2 Å². The molecule has 2 rings (SSSR count). The zero-order valence-electron chi connectivity index (χ0n) is 22.9. The van der Waals surface area contributed by atoms with Gasteiger partial charge in [-0.2, -0.15) is 0 Å². The third-order valence-corrected chi connectivity index (χ3v) is 12.5. The van der Waals surface area contributed by atoms with Crippen molar-refractivity contribution in [2.45, 2.75) is 38.5 Å². The number of carbonyl (C=O) groups is 6. The normalized spacial score (nSPS) is 10.6. The molecule has 238 valence electrons. The number of hydrogen-bond donors (Lipinski definition) is 6. The van der Waals surface area contributed by atoms with Crippen molar-refractivity contribution >= 4 is 182 Å². The van der Waals surface area contributed by atoms with Gasteiger partial charge in [0.25, 0.3) is 11.8 Å². The number of hydrogen-bond acceptors (Lipinski definition) is 6. The van der Waals surface area contributed by atoms with Gasteiger partial charge in [0, 0.05) is 34.1 Å². The summed E-state index contributed by atoms with van der Waals surface area (Å²) >= 11 is 11.2. The summed E-state index contributed by atoms with van der Waals surface area (Å²) in [7, 11) is 2.88. The van der Waals surface area contributed by atoms with Crippen molar-refractivity contribution in [1.29, 1.82) is 0 Å². The minimum absolute atomic E-state index is 0.0579. The van der Waals surface area contributed by atoms with E-state index in [2.05, 4.69) is 21.3 Å². The smallest absolute Gasteiger partial charge is 0.337 e. The molecule has 0 heterocycles. The van der Waals surface area contributed by atoms with E-state index in [9.17, 15) is 39.0 Å². The first-order chi connectivity index (χ1) is 20.6. The Morgan fingerprint density at radius 3 is 1.07 bits per heavy atom. The van der Waals surface area contributed by atoms with Crippen LogP contribution in [0, 0.1) is 21.4 Å². The molecule has 2 aromatic rings. The van der Waals surface area contributed by atoms with E-state index in [0.29, 0.717) is 40.0 Å². The van der Waals surface area contributed by atoms with Gasteiger partial charge in [0.1, 0.15) is 0 Å². The lowest BCUT2D eigenvalue weighted by atomic mass is 10.1. The predicted octanol–water partition coefficient (Wildman–Crippen LogP) is 6.35. The van der Waals surface area contributed by atoms with Crippen molar-refractivity contribution in [2.75, 3.05) is 24.7 Å². The zero-order valence-corrected chi connectivity index (χ0v) is 35.8. The summed E-state index contributed by atoms with van der Waals surface area (Å²) in [6.45, 7) is 0. The van der Waals surface area contributed by atoms with E-state index in [1.165, 1.54) is 14.1 Å². The van der Waals surface area contributed by atoms with E-state index in [-0.39, 0.29) is 65.4 Å². The van der Waals surface area contributed by atoms with Gasteiger partial charge in [-0.15, -0.1) is 0 Å². The molecule has 0 aliphatic rings. The van der Waals surface area contributed by atoms with Crippen molar-refractivity contribution in [3.63, 3.8) is 0 Å². The summed E-state index contributed by atoms with van der Waals surface area (Å²) in [6.07, 6.45) is 2.64. The molecule has 0 bridgehead atoms. The van der Waals surface area contributed by atoms with Crippen molar-refractivity contribution in [2.24, 2.45) is 0 Å². The number of aromatic carboxylic acids is 2. The maximum Gasteiger partial charge on any atom is 0.337 e. The highest BCUT2D eigenvalue weighted by Crippen LogP contribution is 2.37. The third kappa shape index (κ3) is 9.60. The molecule has 0 radical (unpaired) electrons. The van der Waals surface area contributed by atoms with Gasteiger partial charge in [0.05, 0.1) is 47.9 Å².